The standard InChI is InChI=1S/C22H22N2O4S/c1-24(29(26,27)21-10-6-3-7-11-21)19-14-12-18(13-15-19)22(25)23-16-17-28-20-8-4-2-5-9-20/h2-15H,16-17H2,1H3,(H,23,25). The lowest BCUT2D eigenvalue weighted by atomic mass is 10.2. The van der Waals surface area contributed by atoms with Crippen LogP contribution in [0, 0.1) is 0 Å². The molecule has 7 heteroatoms. The number of amides is 1. The normalized spacial score (nSPS) is 10.9. The van der Waals surface area contributed by atoms with Crippen LogP contribution in [0.5, 0.6) is 5.75 Å². The van der Waals surface area contributed by atoms with Crippen LogP contribution in [0.4, 0.5) is 5.69 Å². The molecule has 0 unspecified atom stereocenters. The predicted octanol–water partition coefficient (Wildman–Crippen LogP) is 3.32. The van der Waals surface area contributed by atoms with E-state index in [0.29, 0.717) is 24.4 Å². The summed E-state index contributed by atoms with van der Waals surface area (Å²) in [6, 6.07) is 24.0. The second-order valence-electron chi connectivity index (χ2n) is 6.25. The van der Waals surface area contributed by atoms with Gasteiger partial charge in [0.1, 0.15) is 12.4 Å². The fraction of sp³-hybridized carbons (Fsp3) is 0.136. The molecule has 0 saturated heterocycles. The summed E-state index contributed by atoms with van der Waals surface area (Å²) in [7, 11) is -2.17. The molecule has 3 rings (SSSR count). The van der Waals surface area contributed by atoms with Crippen LogP contribution in [0.3, 0.4) is 0 Å². The third kappa shape index (κ3) is 5.14. The number of nitrogens with one attached hydrogen (secondary N) is 1. The molecule has 0 heterocycles. The van der Waals surface area contributed by atoms with Crippen LogP contribution < -0.4 is 14.4 Å². The molecule has 0 radical (unpaired) electrons. The minimum atomic E-state index is -3.65. The molecule has 3 aromatic carbocycles. The highest BCUT2D eigenvalue weighted by Crippen LogP contribution is 2.22. The fourth-order valence-corrected chi connectivity index (χ4v) is 3.88. The Kier molecular flexibility index (Phi) is 6.51. The number of para-hydroxylation sites is 1. The van der Waals surface area contributed by atoms with Crippen LogP contribution in [0.1, 0.15) is 10.4 Å². The Balaban J connectivity index is 1.57. The zero-order valence-corrected chi connectivity index (χ0v) is 16.8. The van der Waals surface area contributed by atoms with E-state index in [1.54, 1.807) is 54.6 Å². The van der Waals surface area contributed by atoms with Gasteiger partial charge in [0.2, 0.25) is 0 Å². The Morgan fingerprint density at radius 2 is 1.48 bits per heavy atom. The van der Waals surface area contributed by atoms with E-state index in [4.69, 9.17) is 4.74 Å². The lowest BCUT2D eigenvalue weighted by Crippen LogP contribution is -2.28. The third-order valence-corrected chi connectivity index (χ3v) is 6.09. The van der Waals surface area contributed by atoms with Crippen molar-refractivity contribution in [3.63, 3.8) is 0 Å². The molecular weight excluding hydrogens is 388 g/mol. The van der Waals surface area contributed by atoms with Gasteiger partial charge in [-0.1, -0.05) is 36.4 Å². The van der Waals surface area contributed by atoms with Crippen LogP contribution in [0.25, 0.3) is 0 Å². The second-order valence-corrected chi connectivity index (χ2v) is 8.22. The van der Waals surface area contributed by atoms with E-state index in [1.165, 1.54) is 11.4 Å². The Labute approximate surface area is 170 Å². The first-order chi connectivity index (χ1) is 14.0. The molecule has 150 valence electrons. The number of anilines is 1. The van der Waals surface area contributed by atoms with Gasteiger partial charge in [-0.15, -0.1) is 0 Å². The van der Waals surface area contributed by atoms with Gasteiger partial charge in [-0.2, -0.15) is 0 Å². The van der Waals surface area contributed by atoms with Crippen molar-refractivity contribution in [1.29, 1.82) is 0 Å². The molecule has 0 aliphatic rings. The highest BCUT2D eigenvalue weighted by Gasteiger charge is 2.21. The van der Waals surface area contributed by atoms with Gasteiger partial charge in [0.25, 0.3) is 15.9 Å². The van der Waals surface area contributed by atoms with E-state index in [2.05, 4.69) is 5.32 Å². The average Bonchev–Trinajstić information content (AvgIpc) is 2.77. The number of carbonyl (C=O) groups excluding carboxylic acids is 1. The molecular formula is C22H22N2O4S. The van der Waals surface area contributed by atoms with Crippen molar-refractivity contribution in [2.75, 3.05) is 24.5 Å². The molecule has 0 atom stereocenters. The van der Waals surface area contributed by atoms with Crippen molar-refractivity contribution >= 4 is 21.6 Å². The molecule has 0 fully saturated rings. The highest BCUT2D eigenvalue weighted by molar-refractivity contribution is 7.92. The van der Waals surface area contributed by atoms with Crippen molar-refractivity contribution in [3.8, 4) is 5.75 Å². The van der Waals surface area contributed by atoms with Crippen molar-refractivity contribution in [2.24, 2.45) is 0 Å². The summed E-state index contributed by atoms with van der Waals surface area (Å²) in [6.07, 6.45) is 0. The fourth-order valence-electron chi connectivity index (χ4n) is 2.66. The predicted molar refractivity (Wildman–Crippen MR) is 113 cm³/mol. The van der Waals surface area contributed by atoms with Gasteiger partial charge < -0.3 is 10.1 Å². The lowest BCUT2D eigenvalue weighted by Gasteiger charge is -2.19. The van der Waals surface area contributed by atoms with Gasteiger partial charge in [-0.25, -0.2) is 8.42 Å². The van der Waals surface area contributed by atoms with E-state index in [0.717, 1.165) is 5.75 Å². The maximum Gasteiger partial charge on any atom is 0.264 e. The monoisotopic (exact) mass is 410 g/mol. The molecule has 3 aromatic rings. The molecule has 6 nitrogen and oxygen atoms in total. The zero-order valence-electron chi connectivity index (χ0n) is 16.0. The summed E-state index contributed by atoms with van der Waals surface area (Å²) >= 11 is 0. The van der Waals surface area contributed by atoms with Crippen molar-refractivity contribution in [2.45, 2.75) is 4.90 Å². The van der Waals surface area contributed by atoms with Crippen LogP contribution in [-0.2, 0) is 10.0 Å². The molecule has 0 spiro atoms. The van der Waals surface area contributed by atoms with Crippen LogP contribution >= 0.6 is 0 Å². The van der Waals surface area contributed by atoms with Crippen molar-refractivity contribution in [3.05, 3.63) is 90.5 Å². The van der Waals surface area contributed by atoms with E-state index in [9.17, 15) is 13.2 Å². The Morgan fingerprint density at radius 3 is 2.10 bits per heavy atom. The van der Waals surface area contributed by atoms with Crippen LogP contribution in [-0.4, -0.2) is 34.5 Å². The molecule has 0 aromatic heterocycles. The minimum Gasteiger partial charge on any atom is -0.492 e. The summed E-state index contributed by atoms with van der Waals surface area (Å²) in [4.78, 5) is 12.5. The number of carbonyl (C=O) groups is 1. The number of benzene rings is 3. The number of ether oxygens (including phenoxy) is 1. The Bertz CT molecular complexity index is 1040. The topological polar surface area (TPSA) is 75.7 Å². The number of sulfonamides is 1. The zero-order chi connectivity index (χ0) is 20.7. The van der Waals surface area contributed by atoms with Gasteiger partial charge in [-0.05, 0) is 48.5 Å². The average molecular weight is 410 g/mol. The SMILES string of the molecule is CN(c1ccc(C(=O)NCCOc2ccccc2)cc1)S(=O)(=O)c1ccccc1. The van der Waals surface area contributed by atoms with Gasteiger partial charge in [0.05, 0.1) is 17.1 Å². The molecule has 0 aliphatic heterocycles. The smallest absolute Gasteiger partial charge is 0.264 e. The minimum absolute atomic E-state index is 0.211. The van der Waals surface area contributed by atoms with Gasteiger partial charge in [0, 0.05) is 12.6 Å². The first kappa shape index (κ1) is 20.4. The van der Waals surface area contributed by atoms with Crippen LogP contribution in [0.15, 0.2) is 89.8 Å². The Hall–Kier alpha value is -3.32. The summed E-state index contributed by atoms with van der Waals surface area (Å²) in [5.41, 5.74) is 0.914. The van der Waals surface area contributed by atoms with Crippen molar-refractivity contribution in [1.82, 2.24) is 5.32 Å². The lowest BCUT2D eigenvalue weighted by molar-refractivity contribution is 0.0947. The first-order valence-corrected chi connectivity index (χ1v) is 10.5. The number of hydrogen-bond acceptors (Lipinski definition) is 4. The molecule has 0 saturated carbocycles. The summed E-state index contributed by atoms with van der Waals surface area (Å²) < 4.78 is 32.1. The van der Waals surface area contributed by atoms with E-state index in [1.807, 2.05) is 30.3 Å². The summed E-state index contributed by atoms with van der Waals surface area (Å²) in [6.45, 7) is 0.712. The van der Waals surface area contributed by atoms with Gasteiger partial charge in [0.15, 0.2) is 0 Å². The summed E-state index contributed by atoms with van der Waals surface area (Å²) in [5, 5.41) is 2.78. The second kappa shape index (κ2) is 9.25. The molecule has 0 aliphatic carbocycles. The molecule has 29 heavy (non-hydrogen) atoms. The molecule has 0 bridgehead atoms. The van der Waals surface area contributed by atoms with E-state index >= 15 is 0 Å². The maximum atomic E-state index is 12.7. The number of hydrogen-bond donors (Lipinski definition) is 1. The van der Waals surface area contributed by atoms with Crippen LogP contribution in [0.2, 0.25) is 0 Å². The Morgan fingerprint density at radius 1 is 0.897 bits per heavy atom. The van der Waals surface area contributed by atoms with E-state index in [-0.39, 0.29) is 10.8 Å². The van der Waals surface area contributed by atoms with Gasteiger partial charge >= 0.3 is 0 Å². The quantitative estimate of drug-likeness (QED) is 0.578. The highest BCUT2D eigenvalue weighted by atomic mass is 32.2. The van der Waals surface area contributed by atoms with Crippen molar-refractivity contribution < 1.29 is 17.9 Å². The largest absolute Gasteiger partial charge is 0.492 e. The van der Waals surface area contributed by atoms with Gasteiger partial charge in [-0.3, -0.25) is 9.10 Å². The first-order valence-electron chi connectivity index (χ1n) is 9.08. The third-order valence-electron chi connectivity index (χ3n) is 4.29. The summed E-state index contributed by atoms with van der Waals surface area (Å²) in [5.74, 6) is 0.496. The molecule has 1 N–H and O–H groups in total. The van der Waals surface area contributed by atoms with E-state index < -0.39 is 10.0 Å². The maximum absolute atomic E-state index is 12.7. The number of rotatable bonds is 8. The molecule has 1 amide bonds. The number of nitrogens with zero attached hydrogens (tertiary/aromatic N) is 1.